The number of pyridine rings is 1. The number of aromatic hydroxyl groups is 1. The van der Waals surface area contributed by atoms with Crippen molar-refractivity contribution >= 4 is 21.9 Å². The summed E-state index contributed by atoms with van der Waals surface area (Å²) in [6.07, 6.45) is 2.37. The second kappa shape index (κ2) is 6.29. The molecule has 0 bridgehead atoms. The van der Waals surface area contributed by atoms with E-state index in [1.54, 1.807) is 18.5 Å². The van der Waals surface area contributed by atoms with Gasteiger partial charge in [0.15, 0.2) is 0 Å². The topological polar surface area (TPSA) is 97.0 Å². The van der Waals surface area contributed by atoms with Crippen molar-refractivity contribution < 1.29 is 9.84 Å². The summed E-state index contributed by atoms with van der Waals surface area (Å²) >= 11 is 0. The van der Waals surface area contributed by atoms with E-state index in [1.807, 2.05) is 13.0 Å². The van der Waals surface area contributed by atoms with E-state index in [9.17, 15) is 5.11 Å². The molecule has 1 aromatic carbocycles. The highest BCUT2D eigenvalue weighted by Gasteiger charge is 2.15. The lowest BCUT2D eigenvalue weighted by atomic mass is 10.0. The van der Waals surface area contributed by atoms with Crippen molar-refractivity contribution in [2.24, 2.45) is 11.7 Å². The quantitative estimate of drug-likeness (QED) is 0.646. The Morgan fingerprint density at radius 1 is 1.41 bits per heavy atom. The summed E-state index contributed by atoms with van der Waals surface area (Å²) in [6.45, 7) is 3.81. The van der Waals surface area contributed by atoms with Crippen LogP contribution >= 0.6 is 0 Å². The third-order valence-corrected chi connectivity index (χ3v) is 3.79. The van der Waals surface area contributed by atoms with Crippen molar-refractivity contribution in [1.29, 1.82) is 0 Å². The van der Waals surface area contributed by atoms with Crippen LogP contribution in [0, 0.1) is 5.92 Å². The van der Waals surface area contributed by atoms with Gasteiger partial charge in [0.25, 0.3) is 0 Å². The summed E-state index contributed by atoms with van der Waals surface area (Å²) in [7, 11) is 0. The Bertz CT molecular complexity index is 784. The maximum absolute atomic E-state index is 9.68. The van der Waals surface area contributed by atoms with E-state index in [-0.39, 0.29) is 11.7 Å². The van der Waals surface area contributed by atoms with Crippen molar-refractivity contribution in [2.75, 3.05) is 19.8 Å². The van der Waals surface area contributed by atoms with Gasteiger partial charge in [0.05, 0.1) is 29.7 Å². The molecule has 1 atom stereocenters. The Kier molecular flexibility index (Phi) is 4.22. The number of aromatic nitrogens is 3. The first-order valence-corrected chi connectivity index (χ1v) is 7.45. The van der Waals surface area contributed by atoms with E-state index in [4.69, 9.17) is 15.5 Å². The first-order valence-electron chi connectivity index (χ1n) is 7.45. The SMILES string of the molecule is CCOCC(CN)Cc1nc2ccc(O)cc2c2[nH]cnc12. The number of phenolic OH excluding ortho intramolecular Hbond substituents is 1. The Morgan fingerprint density at radius 3 is 3.05 bits per heavy atom. The smallest absolute Gasteiger partial charge is 0.116 e. The monoisotopic (exact) mass is 300 g/mol. The number of nitrogens with one attached hydrogen (secondary N) is 1. The second-order valence-electron chi connectivity index (χ2n) is 5.35. The fraction of sp³-hybridized carbons (Fsp3) is 0.375. The van der Waals surface area contributed by atoms with Crippen molar-refractivity contribution in [3.8, 4) is 5.75 Å². The highest BCUT2D eigenvalue weighted by atomic mass is 16.5. The van der Waals surface area contributed by atoms with Gasteiger partial charge in [-0.05, 0) is 38.1 Å². The van der Waals surface area contributed by atoms with Gasteiger partial charge in [0.2, 0.25) is 0 Å². The predicted molar refractivity (Wildman–Crippen MR) is 85.8 cm³/mol. The maximum atomic E-state index is 9.68. The number of nitrogens with zero attached hydrogens (tertiary/aromatic N) is 2. The van der Waals surface area contributed by atoms with E-state index in [2.05, 4.69) is 9.97 Å². The molecule has 2 aromatic heterocycles. The molecule has 0 aliphatic heterocycles. The number of benzene rings is 1. The first-order chi connectivity index (χ1) is 10.7. The van der Waals surface area contributed by atoms with Crippen LogP contribution in [0.4, 0.5) is 0 Å². The third kappa shape index (κ3) is 2.75. The number of nitrogens with two attached hydrogens (primary N) is 1. The van der Waals surface area contributed by atoms with E-state index < -0.39 is 0 Å². The molecule has 0 radical (unpaired) electrons. The molecular weight excluding hydrogens is 280 g/mol. The number of rotatable bonds is 6. The molecule has 6 heteroatoms. The Hall–Kier alpha value is -2.18. The number of hydrogen-bond donors (Lipinski definition) is 3. The lowest BCUT2D eigenvalue weighted by Crippen LogP contribution is -2.22. The molecule has 0 amide bonds. The third-order valence-electron chi connectivity index (χ3n) is 3.79. The van der Waals surface area contributed by atoms with Crippen molar-refractivity contribution in [3.63, 3.8) is 0 Å². The van der Waals surface area contributed by atoms with Gasteiger partial charge in [0.1, 0.15) is 11.3 Å². The largest absolute Gasteiger partial charge is 0.508 e. The molecule has 6 nitrogen and oxygen atoms in total. The maximum Gasteiger partial charge on any atom is 0.116 e. The number of aromatic amines is 1. The van der Waals surface area contributed by atoms with Crippen LogP contribution < -0.4 is 5.73 Å². The molecule has 0 aliphatic rings. The lowest BCUT2D eigenvalue weighted by Gasteiger charge is -2.15. The van der Waals surface area contributed by atoms with Crippen molar-refractivity contribution in [1.82, 2.24) is 15.0 Å². The predicted octanol–water partition coefficient (Wildman–Crippen LogP) is 1.97. The Morgan fingerprint density at radius 2 is 2.27 bits per heavy atom. The van der Waals surface area contributed by atoms with Crippen molar-refractivity contribution in [2.45, 2.75) is 13.3 Å². The molecule has 3 rings (SSSR count). The molecule has 22 heavy (non-hydrogen) atoms. The van der Waals surface area contributed by atoms with Gasteiger partial charge in [-0.2, -0.15) is 0 Å². The molecule has 3 aromatic rings. The summed E-state index contributed by atoms with van der Waals surface area (Å²) in [4.78, 5) is 12.2. The van der Waals surface area contributed by atoms with Crippen LogP contribution in [0.2, 0.25) is 0 Å². The molecule has 0 spiro atoms. The summed E-state index contributed by atoms with van der Waals surface area (Å²) < 4.78 is 5.49. The van der Waals surface area contributed by atoms with Crippen LogP contribution in [0.25, 0.3) is 21.9 Å². The van der Waals surface area contributed by atoms with Gasteiger partial charge in [0, 0.05) is 17.9 Å². The standard InChI is InChI=1S/C16H20N4O2/c1-2-22-8-10(7-17)5-14-16-15(18-9-19-16)12-6-11(21)3-4-13(12)20-14/h3-4,6,9-10,21H,2,5,7-8,17H2,1H3,(H,18,19). The molecule has 0 fully saturated rings. The molecule has 2 heterocycles. The molecule has 1 unspecified atom stereocenters. The van der Waals surface area contributed by atoms with Crippen LogP contribution in [-0.2, 0) is 11.2 Å². The van der Waals surface area contributed by atoms with Crippen molar-refractivity contribution in [3.05, 3.63) is 30.2 Å². The van der Waals surface area contributed by atoms with Crippen LogP contribution in [0.5, 0.6) is 5.75 Å². The zero-order valence-electron chi connectivity index (χ0n) is 12.5. The second-order valence-corrected chi connectivity index (χ2v) is 5.35. The van der Waals surface area contributed by atoms with Gasteiger partial charge in [-0.15, -0.1) is 0 Å². The number of ether oxygens (including phenoxy) is 1. The zero-order chi connectivity index (χ0) is 15.5. The van der Waals surface area contributed by atoms with E-state index in [1.165, 1.54) is 0 Å². The summed E-state index contributed by atoms with van der Waals surface area (Å²) in [6, 6.07) is 5.16. The zero-order valence-corrected chi connectivity index (χ0v) is 12.5. The number of H-pyrrole nitrogens is 1. The molecule has 0 saturated carbocycles. The van der Waals surface area contributed by atoms with Crippen LogP contribution in [0.15, 0.2) is 24.5 Å². The summed E-state index contributed by atoms with van der Waals surface area (Å²) in [5, 5.41) is 10.5. The van der Waals surface area contributed by atoms with Crippen LogP contribution in [-0.4, -0.2) is 39.8 Å². The fourth-order valence-corrected chi connectivity index (χ4v) is 2.65. The number of imidazole rings is 1. The summed E-state index contributed by atoms with van der Waals surface area (Å²) in [5.41, 5.74) is 9.30. The van der Waals surface area contributed by atoms with E-state index in [0.717, 1.165) is 27.6 Å². The fourth-order valence-electron chi connectivity index (χ4n) is 2.65. The Balaban J connectivity index is 2.04. The molecule has 116 valence electrons. The number of fused-ring (bicyclic) bond motifs is 3. The summed E-state index contributed by atoms with van der Waals surface area (Å²) in [5.74, 6) is 0.427. The first kappa shape index (κ1) is 14.7. The average Bonchev–Trinajstić information content (AvgIpc) is 3.02. The number of phenols is 1. The highest BCUT2D eigenvalue weighted by molar-refractivity contribution is 6.03. The minimum absolute atomic E-state index is 0.210. The van der Waals surface area contributed by atoms with Crippen LogP contribution in [0.3, 0.4) is 0 Å². The minimum atomic E-state index is 0.210. The number of hydrogen-bond acceptors (Lipinski definition) is 5. The normalized spacial score (nSPS) is 13.0. The highest BCUT2D eigenvalue weighted by Crippen LogP contribution is 2.27. The molecule has 0 saturated heterocycles. The molecule has 4 N–H and O–H groups in total. The van der Waals surface area contributed by atoms with E-state index >= 15 is 0 Å². The van der Waals surface area contributed by atoms with Gasteiger partial charge < -0.3 is 20.6 Å². The molecular formula is C16H20N4O2. The lowest BCUT2D eigenvalue weighted by molar-refractivity contribution is 0.112. The average molecular weight is 300 g/mol. The molecule has 0 aliphatic carbocycles. The van der Waals surface area contributed by atoms with Gasteiger partial charge in [-0.1, -0.05) is 0 Å². The minimum Gasteiger partial charge on any atom is -0.508 e. The van der Waals surface area contributed by atoms with Gasteiger partial charge >= 0.3 is 0 Å². The van der Waals surface area contributed by atoms with Crippen LogP contribution in [0.1, 0.15) is 12.6 Å². The Labute approximate surface area is 128 Å². The van der Waals surface area contributed by atoms with Gasteiger partial charge in [-0.3, -0.25) is 4.98 Å². The van der Waals surface area contributed by atoms with Gasteiger partial charge in [-0.25, -0.2) is 4.98 Å². The van der Waals surface area contributed by atoms with E-state index in [0.29, 0.717) is 26.2 Å².